The Bertz CT molecular complexity index is 1000. The van der Waals surface area contributed by atoms with Crippen LogP contribution in [-0.2, 0) is 20.7 Å². The number of ether oxygens (including phenoxy) is 3. The van der Waals surface area contributed by atoms with E-state index in [2.05, 4.69) is 5.32 Å². The number of carboxylic acids is 1. The first-order valence-corrected chi connectivity index (χ1v) is 12.4. The number of nitrogens with one attached hydrogen (secondary N) is 1. The van der Waals surface area contributed by atoms with Gasteiger partial charge in [-0.2, -0.15) is 13.2 Å². The Hall–Kier alpha value is -3.31. The molecule has 0 heterocycles. The molecule has 11 heteroatoms. The van der Waals surface area contributed by atoms with Crippen molar-refractivity contribution < 1.29 is 42.1 Å². The topological polar surface area (TPSA) is 97.3 Å². The van der Waals surface area contributed by atoms with E-state index in [9.17, 15) is 27.9 Å². The lowest BCUT2D eigenvalue weighted by Crippen LogP contribution is -2.40. The molecule has 0 aliphatic rings. The highest BCUT2D eigenvalue weighted by Gasteiger charge is 2.26. The van der Waals surface area contributed by atoms with Crippen molar-refractivity contribution in [2.24, 2.45) is 0 Å². The van der Waals surface area contributed by atoms with Gasteiger partial charge in [0, 0.05) is 38.3 Å². The van der Waals surface area contributed by atoms with Crippen LogP contribution in [0.5, 0.6) is 5.75 Å². The average molecular weight is 541 g/mol. The number of carbonyl (C=O) groups is 2. The van der Waals surface area contributed by atoms with Gasteiger partial charge in [-0.3, -0.25) is 0 Å². The number of nitrogens with zero attached hydrogens (tertiary/aromatic N) is 1. The fourth-order valence-electron chi connectivity index (χ4n) is 3.52. The molecule has 0 radical (unpaired) electrons. The quantitative estimate of drug-likeness (QED) is 0.281. The van der Waals surface area contributed by atoms with Crippen LogP contribution in [0, 0.1) is 6.92 Å². The number of urea groups is 1. The third-order valence-electron chi connectivity index (χ3n) is 5.43. The molecule has 1 atom stereocenters. The van der Waals surface area contributed by atoms with Crippen LogP contribution in [0.4, 0.5) is 23.7 Å². The van der Waals surface area contributed by atoms with Gasteiger partial charge >= 0.3 is 18.2 Å². The second-order valence-electron chi connectivity index (χ2n) is 8.60. The van der Waals surface area contributed by atoms with E-state index < -0.39 is 24.7 Å². The van der Waals surface area contributed by atoms with Gasteiger partial charge < -0.3 is 29.5 Å². The zero-order chi connectivity index (χ0) is 28.0. The van der Waals surface area contributed by atoms with Crippen molar-refractivity contribution in [3.05, 3.63) is 59.7 Å². The Balaban J connectivity index is 1.89. The molecule has 0 spiro atoms. The first kappa shape index (κ1) is 30.9. The summed E-state index contributed by atoms with van der Waals surface area (Å²) < 4.78 is 53.2. The number of anilines is 1. The van der Waals surface area contributed by atoms with Gasteiger partial charge in [0.05, 0.1) is 13.2 Å². The molecule has 2 rings (SSSR count). The smallest absolute Gasteiger partial charge is 0.389 e. The van der Waals surface area contributed by atoms with Crippen molar-refractivity contribution in [2.45, 2.75) is 45.4 Å². The van der Waals surface area contributed by atoms with Crippen LogP contribution in [0.25, 0.3) is 0 Å². The van der Waals surface area contributed by atoms with E-state index in [4.69, 9.17) is 14.2 Å². The zero-order valence-electron chi connectivity index (χ0n) is 21.6. The van der Waals surface area contributed by atoms with Crippen molar-refractivity contribution >= 4 is 17.7 Å². The third-order valence-corrected chi connectivity index (χ3v) is 5.43. The Morgan fingerprint density at radius 1 is 1.05 bits per heavy atom. The summed E-state index contributed by atoms with van der Waals surface area (Å²) in [6.07, 6.45) is -5.99. The molecule has 0 aromatic heterocycles. The summed E-state index contributed by atoms with van der Waals surface area (Å²) in [5.74, 6) is -0.486. The van der Waals surface area contributed by atoms with Crippen molar-refractivity contribution in [3.8, 4) is 5.75 Å². The number of aryl methyl sites for hydroxylation is 1. The lowest BCUT2D eigenvalue weighted by molar-refractivity contribution is -0.150. The molecule has 2 aromatic rings. The molecular weight excluding hydrogens is 505 g/mol. The highest BCUT2D eigenvalue weighted by Crippen LogP contribution is 2.21. The molecular formula is C27H35F3N2O6. The molecule has 2 aromatic carbocycles. The van der Waals surface area contributed by atoms with Crippen molar-refractivity contribution in [1.29, 1.82) is 0 Å². The number of hydrogen-bond acceptors (Lipinski definition) is 5. The molecule has 38 heavy (non-hydrogen) atoms. The molecule has 2 N–H and O–H groups in total. The van der Waals surface area contributed by atoms with Crippen LogP contribution in [0.15, 0.2) is 48.5 Å². The summed E-state index contributed by atoms with van der Waals surface area (Å²) in [5, 5.41) is 12.1. The predicted molar refractivity (Wildman–Crippen MR) is 137 cm³/mol. The summed E-state index contributed by atoms with van der Waals surface area (Å²) >= 11 is 0. The number of carboxylic acid groups (broad SMARTS) is 1. The van der Waals surface area contributed by atoms with Crippen LogP contribution in [0.1, 0.15) is 30.9 Å². The number of hydrogen-bond donors (Lipinski definition) is 2. The summed E-state index contributed by atoms with van der Waals surface area (Å²) in [6, 6.07) is 13.8. The molecule has 0 saturated heterocycles. The standard InChI is InChI=1S/C27H35F3N2O6/c1-3-37-24(25(33)34)19-21-8-10-23(11-9-21)38-17-14-32(13-16-36-15-5-12-27(28,29)30)26(35)31-22-7-4-6-20(2)18-22/h4,6-11,18,24H,3,5,12-17,19H2,1-2H3,(H,31,35)(H,33,34). The first-order chi connectivity index (χ1) is 18.1. The third kappa shape index (κ3) is 12.3. The first-order valence-electron chi connectivity index (χ1n) is 12.4. The molecule has 0 bridgehead atoms. The van der Waals surface area contributed by atoms with E-state index in [-0.39, 0.29) is 51.8 Å². The fourth-order valence-corrected chi connectivity index (χ4v) is 3.52. The summed E-state index contributed by atoms with van der Waals surface area (Å²) in [6.45, 7) is 4.49. The molecule has 0 aliphatic carbocycles. The second-order valence-corrected chi connectivity index (χ2v) is 8.60. The van der Waals surface area contributed by atoms with Crippen LogP contribution >= 0.6 is 0 Å². The molecule has 0 fully saturated rings. The van der Waals surface area contributed by atoms with Crippen LogP contribution in [0.2, 0.25) is 0 Å². The van der Waals surface area contributed by atoms with Gasteiger partial charge in [-0.25, -0.2) is 9.59 Å². The Kier molecular flexibility index (Phi) is 12.9. The van der Waals surface area contributed by atoms with E-state index in [1.807, 2.05) is 25.1 Å². The lowest BCUT2D eigenvalue weighted by Gasteiger charge is -2.23. The summed E-state index contributed by atoms with van der Waals surface area (Å²) in [5.41, 5.74) is 2.37. The maximum absolute atomic E-state index is 12.9. The molecule has 0 aliphatic heterocycles. The fraction of sp³-hybridized carbons (Fsp3) is 0.481. The van der Waals surface area contributed by atoms with E-state index in [1.54, 1.807) is 37.3 Å². The monoisotopic (exact) mass is 540 g/mol. The Labute approximate surface area is 220 Å². The van der Waals surface area contributed by atoms with E-state index in [0.717, 1.165) is 11.1 Å². The molecule has 0 saturated carbocycles. The number of alkyl halides is 3. The SMILES string of the molecule is CCOC(Cc1ccc(OCCN(CCOCCCC(F)(F)F)C(=O)Nc2cccc(C)c2)cc1)C(=O)O. The number of carbonyl (C=O) groups excluding carboxylic acids is 1. The Morgan fingerprint density at radius 3 is 2.39 bits per heavy atom. The summed E-state index contributed by atoms with van der Waals surface area (Å²) in [4.78, 5) is 25.6. The number of benzene rings is 2. The number of halogens is 3. The number of amides is 2. The number of rotatable bonds is 16. The normalized spacial score (nSPS) is 12.1. The molecule has 210 valence electrons. The highest BCUT2D eigenvalue weighted by molar-refractivity contribution is 5.89. The molecule has 8 nitrogen and oxygen atoms in total. The lowest BCUT2D eigenvalue weighted by atomic mass is 10.1. The average Bonchev–Trinajstić information content (AvgIpc) is 2.85. The van der Waals surface area contributed by atoms with Crippen molar-refractivity contribution in [3.63, 3.8) is 0 Å². The predicted octanol–water partition coefficient (Wildman–Crippen LogP) is 5.30. The maximum Gasteiger partial charge on any atom is 0.389 e. The van der Waals surface area contributed by atoms with Crippen LogP contribution in [0.3, 0.4) is 0 Å². The van der Waals surface area contributed by atoms with Crippen LogP contribution in [-0.4, -0.2) is 73.8 Å². The van der Waals surface area contributed by atoms with E-state index >= 15 is 0 Å². The highest BCUT2D eigenvalue weighted by atomic mass is 19.4. The van der Waals surface area contributed by atoms with Gasteiger partial charge in [0.15, 0.2) is 6.10 Å². The van der Waals surface area contributed by atoms with Gasteiger partial charge in [-0.05, 0) is 55.7 Å². The zero-order valence-corrected chi connectivity index (χ0v) is 21.6. The van der Waals surface area contributed by atoms with Gasteiger partial charge in [0.25, 0.3) is 0 Å². The number of aliphatic carboxylic acids is 1. The van der Waals surface area contributed by atoms with Crippen LogP contribution < -0.4 is 10.1 Å². The summed E-state index contributed by atoms with van der Waals surface area (Å²) in [7, 11) is 0. The largest absolute Gasteiger partial charge is 0.492 e. The van der Waals surface area contributed by atoms with Gasteiger partial charge in [0.1, 0.15) is 12.4 Å². The van der Waals surface area contributed by atoms with Gasteiger partial charge in [-0.1, -0.05) is 24.3 Å². The molecule has 2 amide bonds. The minimum atomic E-state index is -4.22. The second kappa shape index (κ2) is 15.8. The maximum atomic E-state index is 12.9. The van der Waals surface area contributed by atoms with E-state index in [1.165, 1.54) is 4.90 Å². The van der Waals surface area contributed by atoms with E-state index in [0.29, 0.717) is 18.0 Å². The Morgan fingerprint density at radius 2 is 1.76 bits per heavy atom. The van der Waals surface area contributed by atoms with Gasteiger partial charge in [0.2, 0.25) is 0 Å². The van der Waals surface area contributed by atoms with Crippen molar-refractivity contribution in [1.82, 2.24) is 4.90 Å². The van der Waals surface area contributed by atoms with Crippen molar-refractivity contribution in [2.75, 3.05) is 44.8 Å². The minimum absolute atomic E-state index is 0.0538. The minimum Gasteiger partial charge on any atom is -0.492 e. The van der Waals surface area contributed by atoms with Gasteiger partial charge in [-0.15, -0.1) is 0 Å². The molecule has 1 unspecified atom stereocenters.